The van der Waals surface area contributed by atoms with E-state index in [1.807, 2.05) is 6.92 Å². The van der Waals surface area contributed by atoms with Crippen LogP contribution in [0, 0.1) is 14.3 Å². The van der Waals surface area contributed by atoms with Crippen LogP contribution in [0.15, 0.2) is 0 Å². The van der Waals surface area contributed by atoms with Crippen molar-refractivity contribution in [2.45, 2.75) is 6.92 Å². The van der Waals surface area contributed by atoms with Crippen molar-refractivity contribution >= 4 is 90.4 Å². The van der Waals surface area contributed by atoms with E-state index in [4.69, 9.17) is 9.47 Å². The number of halogens is 4. The largest absolute Gasteiger partial charge is 0.506 e. The summed E-state index contributed by atoms with van der Waals surface area (Å²) < 4.78 is 14.2. The van der Waals surface area contributed by atoms with Gasteiger partial charge in [0.05, 0.1) is 14.3 Å². The highest BCUT2D eigenvalue weighted by atomic mass is 127. The van der Waals surface area contributed by atoms with Gasteiger partial charge in [0.1, 0.15) is 5.75 Å². The van der Waals surface area contributed by atoms with Crippen LogP contribution in [0.4, 0.5) is 0 Å². The molecule has 1 rings (SSSR count). The molecule has 0 heterocycles. The summed E-state index contributed by atoms with van der Waals surface area (Å²) in [4.78, 5) is 0. The lowest BCUT2D eigenvalue weighted by Gasteiger charge is -2.14. The van der Waals surface area contributed by atoms with Gasteiger partial charge in [-0.1, -0.05) is 0 Å². The van der Waals surface area contributed by atoms with Gasteiger partial charge in [-0.05, 0) is 97.3 Å². The van der Waals surface area contributed by atoms with Gasteiger partial charge in [0, 0.05) is 6.61 Å². The molecule has 0 aliphatic carbocycles. The Morgan fingerprint density at radius 2 is 1.50 bits per heavy atom. The topological polar surface area (TPSA) is 38.7 Å². The summed E-state index contributed by atoms with van der Waals surface area (Å²) in [5, 5.41) is 9.85. The predicted octanol–water partition coefficient (Wildman–Crippen LogP) is 4.18. The minimum atomic E-state index is 0.236. The van der Waals surface area contributed by atoms with Crippen molar-refractivity contribution in [3.05, 3.63) is 14.3 Å². The van der Waals surface area contributed by atoms with Crippen LogP contribution in [0.2, 0.25) is 0 Å². The molecule has 0 amide bonds. The van der Waals surface area contributed by atoms with E-state index < -0.39 is 0 Å². The molecule has 16 heavy (non-hydrogen) atoms. The van der Waals surface area contributed by atoms with Crippen LogP contribution >= 0.6 is 90.4 Å². The zero-order valence-electron chi connectivity index (χ0n) is 8.19. The second kappa shape index (κ2) is 7.33. The molecule has 0 aliphatic rings. The first-order valence-electron chi connectivity index (χ1n) is 4.26. The molecule has 0 aromatic heterocycles. The van der Waals surface area contributed by atoms with E-state index in [0.29, 0.717) is 12.4 Å². The Labute approximate surface area is 149 Å². The molecule has 90 valence electrons. The number of aromatic hydroxyl groups is 1. The Kier molecular flexibility index (Phi) is 7.22. The quantitative estimate of drug-likeness (QED) is 0.226. The van der Waals surface area contributed by atoms with E-state index in [0.717, 1.165) is 20.0 Å². The summed E-state index contributed by atoms with van der Waals surface area (Å²) in [6.45, 7) is 2.78. The highest BCUT2D eigenvalue weighted by Crippen LogP contribution is 2.41. The highest BCUT2D eigenvalue weighted by molar-refractivity contribution is 14.1. The Hall–Kier alpha value is 1.70. The van der Waals surface area contributed by atoms with Gasteiger partial charge in [-0.3, -0.25) is 0 Å². The van der Waals surface area contributed by atoms with Gasteiger partial charge in [0.15, 0.2) is 12.5 Å². The fourth-order valence-corrected chi connectivity index (χ4v) is 4.33. The van der Waals surface area contributed by atoms with Crippen molar-refractivity contribution in [3.8, 4) is 11.5 Å². The van der Waals surface area contributed by atoms with Crippen LogP contribution in [-0.2, 0) is 4.74 Å². The van der Waals surface area contributed by atoms with Crippen molar-refractivity contribution in [1.82, 2.24) is 0 Å². The van der Waals surface area contributed by atoms with Crippen molar-refractivity contribution in [1.29, 1.82) is 0 Å². The molecule has 0 saturated heterocycles. The van der Waals surface area contributed by atoms with E-state index in [9.17, 15) is 5.11 Å². The molecule has 3 nitrogen and oxygen atoms in total. The number of phenolic OH excluding ortho intramolecular Hbond substituents is 1. The molecule has 0 unspecified atom stereocenters. The number of ether oxygens (including phenoxy) is 2. The standard InChI is InChI=1S/C9H8I4O3/c1-2-15-3-16-9-6(12)4(10)8(14)5(11)7(9)13/h14H,2-3H2,1H3. The maximum Gasteiger partial charge on any atom is 0.189 e. The number of phenols is 1. The van der Waals surface area contributed by atoms with E-state index in [-0.39, 0.29) is 6.79 Å². The van der Waals surface area contributed by atoms with Gasteiger partial charge in [-0.25, -0.2) is 0 Å². The summed E-state index contributed by atoms with van der Waals surface area (Å²) in [6, 6.07) is 0. The fraction of sp³-hybridized carbons (Fsp3) is 0.333. The molecule has 1 aromatic rings. The van der Waals surface area contributed by atoms with Crippen molar-refractivity contribution in [2.75, 3.05) is 13.4 Å². The summed E-state index contributed by atoms with van der Waals surface area (Å²) in [5.41, 5.74) is 0. The number of rotatable bonds is 4. The lowest BCUT2D eigenvalue weighted by molar-refractivity contribution is 0.0212. The van der Waals surface area contributed by atoms with Crippen LogP contribution in [0.3, 0.4) is 0 Å². The van der Waals surface area contributed by atoms with Crippen LogP contribution in [0.5, 0.6) is 11.5 Å². The third-order valence-corrected chi connectivity index (χ3v) is 7.91. The average molecular weight is 672 g/mol. The van der Waals surface area contributed by atoms with Gasteiger partial charge < -0.3 is 14.6 Å². The fourth-order valence-electron chi connectivity index (χ4n) is 0.911. The van der Waals surface area contributed by atoms with Crippen molar-refractivity contribution < 1.29 is 14.6 Å². The second-order valence-electron chi connectivity index (χ2n) is 2.69. The summed E-state index contributed by atoms with van der Waals surface area (Å²) in [7, 11) is 0. The van der Waals surface area contributed by atoms with Gasteiger partial charge in [-0.2, -0.15) is 0 Å². The second-order valence-corrected chi connectivity index (χ2v) is 7.00. The predicted molar refractivity (Wildman–Crippen MR) is 96.1 cm³/mol. The Bertz CT molecular complexity index is 366. The summed E-state index contributed by atoms with van der Waals surface area (Å²) >= 11 is 8.56. The normalized spacial score (nSPS) is 10.6. The molecular weight excluding hydrogens is 664 g/mol. The van der Waals surface area contributed by atoms with Gasteiger partial charge >= 0.3 is 0 Å². The van der Waals surface area contributed by atoms with Crippen molar-refractivity contribution in [2.24, 2.45) is 0 Å². The van der Waals surface area contributed by atoms with Crippen molar-refractivity contribution in [3.63, 3.8) is 0 Å². The first-order valence-corrected chi connectivity index (χ1v) is 8.57. The highest BCUT2D eigenvalue weighted by Gasteiger charge is 2.19. The van der Waals surface area contributed by atoms with Crippen LogP contribution < -0.4 is 4.74 Å². The average Bonchev–Trinajstić information content (AvgIpc) is 2.28. The molecule has 0 radical (unpaired) electrons. The summed E-state index contributed by atoms with van der Waals surface area (Å²) in [5.74, 6) is 1.10. The molecule has 0 bridgehead atoms. The molecule has 0 spiro atoms. The number of hydrogen-bond acceptors (Lipinski definition) is 3. The lowest BCUT2D eigenvalue weighted by Crippen LogP contribution is -2.06. The maximum absolute atomic E-state index is 9.85. The van der Waals surface area contributed by atoms with E-state index >= 15 is 0 Å². The van der Waals surface area contributed by atoms with Gasteiger partial charge in [0.25, 0.3) is 0 Å². The monoisotopic (exact) mass is 672 g/mol. The molecule has 0 aliphatic heterocycles. The van der Waals surface area contributed by atoms with E-state index in [1.165, 1.54) is 0 Å². The molecular formula is C9H8I4O3. The zero-order valence-corrected chi connectivity index (χ0v) is 16.8. The Morgan fingerprint density at radius 3 is 1.94 bits per heavy atom. The van der Waals surface area contributed by atoms with Gasteiger partial charge in [-0.15, -0.1) is 0 Å². The molecule has 7 heteroatoms. The minimum absolute atomic E-state index is 0.236. The number of benzene rings is 1. The van der Waals surface area contributed by atoms with E-state index in [1.54, 1.807) is 0 Å². The number of hydrogen-bond donors (Lipinski definition) is 1. The van der Waals surface area contributed by atoms with Crippen LogP contribution in [-0.4, -0.2) is 18.5 Å². The molecule has 0 atom stereocenters. The zero-order chi connectivity index (χ0) is 12.3. The van der Waals surface area contributed by atoms with Gasteiger partial charge in [0.2, 0.25) is 0 Å². The molecule has 1 aromatic carbocycles. The smallest absolute Gasteiger partial charge is 0.189 e. The first kappa shape index (κ1) is 15.8. The summed E-state index contributed by atoms with van der Waals surface area (Å²) in [6.07, 6.45) is 0. The Balaban J connectivity index is 3.08. The first-order chi connectivity index (χ1) is 7.50. The molecule has 1 N–H and O–H groups in total. The minimum Gasteiger partial charge on any atom is -0.506 e. The molecule has 0 saturated carbocycles. The molecule has 0 fully saturated rings. The SMILES string of the molecule is CCOCOc1c(I)c(I)c(O)c(I)c1I. The Morgan fingerprint density at radius 1 is 1.00 bits per heavy atom. The van der Waals surface area contributed by atoms with Crippen LogP contribution in [0.25, 0.3) is 0 Å². The third-order valence-electron chi connectivity index (χ3n) is 1.69. The van der Waals surface area contributed by atoms with Crippen LogP contribution in [0.1, 0.15) is 6.92 Å². The van der Waals surface area contributed by atoms with E-state index in [2.05, 4.69) is 90.4 Å². The maximum atomic E-state index is 9.85. The third kappa shape index (κ3) is 3.60. The lowest BCUT2D eigenvalue weighted by atomic mass is 10.3.